The molecule has 0 aromatic carbocycles. The highest BCUT2D eigenvalue weighted by Crippen LogP contribution is 2.37. The van der Waals surface area contributed by atoms with E-state index in [1.54, 1.807) is 11.3 Å². The van der Waals surface area contributed by atoms with E-state index in [9.17, 15) is 0 Å². The lowest BCUT2D eigenvalue weighted by Crippen LogP contribution is -2.09. The van der Waals surface area contributed by atoms with Crippen LogP contribution in [0.15, 0.2) is 17.8 Å². The van der Waals surface area contributed by atoms with Crippen LogP contribution in [0.2, 0.25) is 0 Å². The molecule has 1 N–H and O–H groups in total. The zero-order valence-electron chi connectivity index (χ0n) is 9.89. The van der Waals surface area contributed by atoms with Crippen molar-refractivity contribution in [3.05, 3.63) is 28.5 Å². The van der Waals surface area contributed by atoms with Gasteiger partial charge in [-0.25, -0.2) is 9.97 Å². The minimum atomic E-state index is 0.679. The summed E-state index contributed by atoms with van der Waals surface area (Å²) in [5.74, 6) is 1.02. The Labute approximate surface area is 105 Å². The van der Waals surface area contributed by atoms with Crippen molar-refractivity contribution < 1.29 is 0 Å². The van der Waals surface area contributed by atoms with Crippen LogP contribution in [0.3, 0.4) is 0 Å². The van der Waals surface area contributed by atoms with Crippen molar-refractivity contribution in [1.82, 2.24) is 14.5 Å². The molecule has 0 spiro atoms. The SMILES string of the molecule is Cc1cn(C2CC2)c(NCCc2nccs2)n1. The van der Waals surface area contributed by atoms with Crippen molar-refractivity contribution in [2.45, 2.75) is 32.2 Å². The number of hydrogen-bond donors (Lipinski definition) is 1. The highest BCUT2D eigenvalue weighted by molar-refractivity contribution is 7.09. The van der Waals surface area contributed by atoms with Crippen LogP contribution >= 0.6 is 11.3 Å². The van der Waals surface area contributed by atoms with Crippen LogP contribution in [0.1, 0.15) is 29.6 Å². The molecule has 1 aliphatic carbocycles. The molecule has 4 nitrogen and oxygen atoms in total. The van der Waals surface area contributed by atoms with Crippen LogP contribution in [0.25, 0.3) is 0 Å². The van der Waals surface area contributed by atoms with Crippen molar-refractivity contribution in [2.24, 2.45) is 0 Å². The number of imidazole rings is 1. The summed E-state index contributed by atoms with van der Waals surface area (Å²) in [6, 6.07) is 0.679. The first-order valence-corrected chi connectivity index (χ1v) is 6.88. The standard InChI is InChI=1S/C12H16N4S/c1-9-8-16(10-2-3-10)12(15-9)14-5-4-11-13-6-7-17-11/h6-8,10H,2-5H2,1H3,(H,14,15). The Balaban J connectivity index is 1.60. The van der Waals surface area contributed by atoms with Crippen molar-refractivity contribution >= 4 is 17.3 Å². The van der Waals surface area contributed by atoms with Crippen LogP contribution < -0.4 is 5.32 Å². The third-order valence-electron chi connectivity index (χ3n) is 2.90. The summed E-state index contributed by atoms with van der Waals surface area (Å²) in [5, 5.41) is 6.61. The molecule has 0 radical (unpaired) electrons. The Morgan fingerprint density at radius 2 is 2.41 bits per heavy atom. The quantitative estimate of drug-likeness (QED) is 0.884. The second-order valence-corrected chi connectivity index (χ2v) is 5.43. The average molecular weight is 248 g/mol. The first-order valence-electron chi connectivity index (χ1n) is 6.00. The van der Waals surface area contributed by atoms with E-state index in [4.69, 9.17) is 0 Å². The van der Waals surface area contributed by atoms with Gasteiger partial charge in [-0.2, -0.15) is 0 Å². The summed E-state index contributed by atoms with van der Waals surface area (Å²) < 4.78 is 2.27. The highest BCUT2D eigenvalue weighted by atomic mass is 32.1. The number of anilines is 1. The Kier molecular flexibility index (Phi) is 2.84. The van der Waals surface area contributed by atoms with E-state index in [1.807, 2.05) is 18.5 Å². The minimum absolute atomic E-state index is 0.679. The molecule has 90 valence electrons. The molecular weight excluding hydrogens is 232 g/mol. The van der Waals surface area contributed by atoms with Crippen LogP contribution in [-0.4, -0.2) is 21.1 Å². The zero-order chi connectivity index (χ0) is 11.7. The maximum absolute atomic E-state index is 4.53. The molecule has 0 aliphatic heterocycles. The molecule has 2 aromatic heterocycles. The van der Waals surface area contributed by atoms with Gasteiger partial charge in [-0.1, -0.05) is 0 Å². The van der Waals surface area contributed by atoms with E-state index < -0.39 is 0 Å². The maximum Gasteiger partial charge on any atom is 0.203 e. The van der Waals surface area contributed by atoms with Gasteiger partial charge in [-0.05, 0) is 19.8 Å². The van der Waals surface area contributed by atoms with E-state index in [-0.39, 0.29) is 0 Å². The van der Waals surface area contributed by atoms with Gasteiger partial charge in [0.05, 0.1) is 10.7 Å². The van der Waals surface area contributed by atoms with Gasteiger partial charge in [-0.3, -0.25) is 0 Å². The summed E-state index contributed by atoms with van der Waals surface area (Å²) >= 11 is 1.71. The smallest absolute Gasteiger partial charge is 0.203 e. The number of nitrogens with zero attached hydrogens (tertiary/aromatic N) is 3. The van der Waals surface area contributed by atoms with Gasteiger partial charge < -0.3 is 9.88 Å². The monoisotopic (exact) mass is 248 g/mol. The number of aryl methyl sites for hydroxylation is 1. The zero-order valence-corrected chi connectivity index (χ0v) is 10.7. The molecular formula is C12H16N4S. The molecule has 2 aromatic rings. The fraction of sp³-hybridized carbons (Fsp3) is 0.500. The molecule has 0 bridgehead atoms. The fourth-order valence-corrected chi connectivity index (χ4v) is 2.56. The molecule has 2 heterocycles. The molecule has 0 saturated heterocycles. The lowest BCUT2D eigenvalue weighted by Gasteiger charge is -2.07. The van der Waals surface area contributed by atoms with E-state index in [1.165, 1.54) is 17.8 Å². The summed E-state index contributed by atoms with van der Waals surface area (Å²) in [7, 11) is 0. The topological polar surface area (TPSA) is 42.7 Å². The van der Waals surface area contributed by atoms with Crippen molar-refractivity contribution in [2.75, 3.05) is 11.9 Å². The van der Waals surface area contributed by atoms with Crippen molar-refractivity contribution in [1.29, 1.82) is 0 Å². The summed E-state index contributed by atoms with van der Waals surface area (Å²) in [6.45, 7) is 2.95. The first-order chi connectivity index (χ1) is 8.33. The second-order valence-electron chi connectivity index (χ2n) is 4.45. The number of aromatic nitrogens is 3. The molecule has 1 saturated carbocycles. The molecule has 3 rings (SSSR count). The summed E-state index contributed by atoms with van der Waals surface area (Å²) in [6.07, 6.45) is 7.54. The van der Waals surface area contributed by atoms with Gasteiger partial charge in [-0.15, -0.1) is 11.3 Å². The van der Waals surface area contributed by atoms with E-state index in [0.29, 0.717) is 6.04 Å². The molecule has 5 heteroatoms. The number of nitrogens with one attached hydrogen (secondary N) is 1. The van der Waals surface area contributed by atoms with Crippen LogP contribution in [0.5, 0.6) is 0 Å². The van der Waals surface area contributed by atoms with Crippen molar-refractivity contribution in [3.8, 4) is 0 Å². The van der Waals surface area contributed by atoms with Crippen LogP contribution in [0, 0.1) is 6.92 Å². The van der Waals surface area contributed by atoms with Crippen LogP contribution in [0.4, 0.5) is 5.95 Å². The first kappa shape index (κ1) is 10.8. The number of rotatable bonds is 5. The largest absolute Gasteiger partial charge is 0.355 e. The summed E-state index contributed by atoms with van der Waals surface area (Å²) in [4.78, 5) is 8.80. The van der Waals surface area contributed by atoms with Crippen molar-refractivity contribution in [3.63, 3.8) is 0 Å². The predicted octanol–water partition coefficient (Wildman–Crippen LogP) is 2.64. The van der Waals surface area contributed by atoms with E-state index in [2.05, 4.69) is 26.0 Å². The molecule has 17 heavy (non-hydrogen) atoms. The molecule has 1 fully saturated rings. The lowest BCUT2D eigenvalue weighted by molar-refractivity contribution is 0.741. The Morgan fingerprint density at radius 1 is 1.53 bits per heavy atom. The van der Waals surface area contributed by atoms with Gasteiger partial charge in [0.1, 0.15) is 0 Å². The third-order valence-corrected chi connectivity index (χ3v) is 3.74. The van der Waals surface area contributed by atoms with Gasteiger partial charge in [0, 0.05) is 36.8 Å². The molecule has 0 unspecified atom stereocenters. The number of hydrogen-bond acceptors (Lipinski definition) is 4. The Hall–Kier alpha value is -1.36. The average Bonchev–Trinajstić information content (AvgIpc) is 2.90. The van der Waals surface area contributed by atoms with E-state index in [0.717, 1.165) is 24.6 Å². The molecule has 0 amide bonds. The lowest BCUT2D eigenvalue weighted by atomic mass is 10.4. The van der Waals surface area contributed by atoms with Gasteiger partial charge in [0.25, 0.3) is 0 Å². The summed E-state index contributed by atoms with van der Waals surface area (Å²) in [5.41, 5.74) is 1.09. The highest BCUT2D eigenvalue weighted by Gasteiger charge is 2.26. The van der Waals surface area contributed by atoms with Crippen LogP contribution in [-0.2, 0) is 6.42 Å². The van der Waals surface area contributed by atoms with Gasteiger partial charge in [0.2, 0.25) is 5.95 Å². The second kappa shape index (κ2) is 4.49. The Bertz CT molecular complexity index is 485. The predicted molar refractivity (Wildman–Crippen MR) is 69.5 cm³/mol. The van der Waals surface area contributed by atoms with Gasteiger partial charge >= 0.3 is 0 Å². The normalized spacial score (nSPS) is 15.1. The third kappa shape index (κ3) is 2.49. The maximum atomic E-state index is 4.53. The van der Waals surface area contributed by atoms with Gasteiger partial charge in [0.15, 0.2) is 0 Å². The minimum Gasteiger partial charge on any atom is -0.355 e. The fourth-order valence-electron chi connectivity index (χ4n) is 1.94. The molecule has 0 atom stereocenters. The number of thiazole rings is 1. The Morgan fingerprint density at radius 3 is 3.12 bits per heavy atom. The molecule has 1 aliphatic rings. The van der Waals surface area contributed by atoms with E-state index >= 15 is 0 Å².